The highest BCUT2D eigenvalue weighted by Gasteiger charge is 2.41. The van der Waals surface area contributed by atoms with Crippen LogP contribution in [-0.2, 0) is 17.8 Å². The number of aromatic nitrogens is 2. The van der Waals surface area contributed by atoms with Crippen molar-refractivity contribution in [2.24, 2.45) is 0 Å². The summed E-state index contributed by atoms with van der Waals surface area (Å²) in [6.45, 7) is -2.99. The molecule has 3 aromatic rings. The molecular formula is C25H21F2N5O4. The van der Waals surface area contributed by atoms with Crippen molar-refractivity contribution in [3.63, 3.8) is 0 Å². The maximum Gasteiger partial charge on any atom is 0.388 e. The quantitative estimate of drug-likeness (QED) is 0.542. The van der Waals surface area contributed by atoms with Gasteiger partial charge >= 0.3 is 6.61 Å². The largest absolute Gasteiger partial charge is 0.489 e. The number of rotatable bonds is 5. The van der Waals surface area contributed by atoms with Crippen LogP contribution in [-0.4, -0.2) is 59.3 Å². The van der Waals surface area contributed by atoms with E-state index in [0.29, 0.717) is 17.0 Å². The van der Waals surface area contributed by atoms with Gasteiger partial charge in [0.1, 0.15) is 18.4 Å². The van der Waals surface area contributed by atoms with Gasteiger partial charge in [0, 0.05) is 25.2 Å². The highest BCUT2D eigenvalue weighted by Crippen LogP contribution is 2.35. The SMILES string of the molecule is CN1C(=O)[C@@H](N2CCc3c(nn(Cc4ccccc4)c3OC(F)F)C2=O)COc2cc(C#N)ccc21. The highest BCUT2D eigenvalue weighted by atomic mass is 19.3. The fourth-order valence-electron chi connectivity index (χ4n) is 4.51. The third-order valence-electron chi connectivity index (χ3n) is 6.28. The molecule has 0 saturated heterocycles. The van der Waals surface area contributed by atoms with E-state index < -0.39 is 18.6 Å². The predicted molar refractivity (Wildman–Crippen MR) is 123 cm³/mol. The lowest BCUT2D eigenvalue weighted by Gasteiger charge is -2.33. The molecule has 5 rings (SSSR count). The van der Waals surface area contributed by atoms with E-state index >= 15 is 0 Å². The van der Waals surface area contributed by atoms with Crippen LogP contribution in [0, 0.1) is 11.3 Å². The second-order valence-corrected chi connectivity index (χ2v) is 8.42. The van der Waals surface area contributed by atoms with Gasteiger partial charge in [0.25, 0.3) is 11.8 Å². The molecule has 0 bridgehead atoms. The van der Waals surface area contributed by atoms with Crippen LogP contribution in [0.4, 0.5) is 14.5 Å². The summed E-state index contributed by atoms with van der Waals surface area (Å²) in [5.74, 6) is -0.740. The molecule has 0 spiro atoms. The fraction of sp³-hybridized carbons (Fsp3) is 0.280. The maximum absolute atomic E-state index is 13.5. The van der Waals surface area contributed by atoms with E-state index in [1.54, 1.807) is 19.2 Å². The van der Waals surface area contributed by atoms with Crippen LogP contribution in [0.5, 0.6) is 11.6 Å². The standard InChI is InChI=1S/C25H21F2N5O4/c1-30-18-8-7-16(12-28)11-20(18)35-14-19(22(30)33)31-10-9-17-21(23(31)34)29-32(24(17)36-25(26)27)13-15-5-3-2-4-6-15/h2-8,11,19,25H,9-10,13-14H2,1H3/t19-/m0/s1. The number of nitriles is 1. The summed E-state index contributed by atoms with van der Waals surface area (Å²) in [6.07, 6.45) is 0.178. The molecule has 0 radical (unpaired) electrons. The second kappa shape index (κ2) is 9.30. The Morgan fingerprint density at radius 1 is 1.22 bits per heavy atom. The highest BCUT2D eigenvalue weighted by molar-refractivity contribution is 6.03. The van der Waals surface area contributed by atoms with E-state index in [0.717, 1.165) is 5.56 Å². The van der Waals surface area contributed by atoms with E-state index in [2.05, 4.69) is 5.10 Å². The zero-order chi connectivity index (χ0) is 25.4. The lowest BCUT2D eigenvalue weighted by Crippen LogP contribution is -2.54. The molecule has 2 aliphatic rings. The van der Waals surface area contributed by atoms with Gasteiger partial charge in [-0.05, 0) is 24.1 Å². The fourth-order valence-corrected chi connectivity index (χ4v) is 4.51. The number of hydrogen-bond acceptors (Lipinski definition) is 6. The van der Waals surface area contributed by atoms with Gasteiger partial charge in [-0.25, -0.2) is 4.68 Å². The summed E-state index contributed by atoms with van der Waals surface area (Å²) < 4.78 is 38.3. The minimum atomic E-state index is -3.09. The number of likely N-dealkylation sites (N-methyl/N-ethyl adjacent to an activating group) is 1. The van der Waals surface area contributed by atoms with Crippen LogP contribution in [0.1, 0.15) is 27.2 Å². The summed E-state index contributed by atoms with van der Waals surface area (Å²) in [7, 11) is 1.57. The number of carbonyl (C=O) groups excluding carboxylic acids is 2. The van der Waals surface area contributed by atoms with Gasteiger partial charge in [0.2, 0.25) is 5.88 Å². The molecule has 1 aromatic heterocycles. The smallest absolute Gasteiger partial charge is 0.388 e. The number of benzene rings is 2. The van der Waals surface area contributed by atoms with Crippen molar-refractivity contribution < 1.29 is 27.8 Å². The van der Waals surface area contributed by atoms with E-state index in [4.69, 9.17) is 9.47 Å². The summed E-state index contributed by atoms with van der Waals surface area (Å²) in [6, 6.07) is 14.9. The van der Waals surface area contributed by atoms with Crippen LogP contribution in [0.3, 0.4) is 0 Å². The van der Waals surface area contributed by atoms with Gasteiger partial charge < -0.3 is 19.3 Å². The first kappa shape index (κ1) is 23.3. The summed E-state index contributed by atoms with van der Waals surface area (Å²) in [4.78, 5) is 29.5. The first-order valence-corrected chi connectivity index (χ1v) is 11.2. The van der Waals surface area contributed by atoms with E-state index in [1.807, 2.05) is 36.4 Å². The Morgan fingerprint density at radius 3 is 2.72 bits per heavy atom. The van der Waals surface area contributed by atoms with Crippen molar-refractivity contribution in [1.29, 1.82) is 5.26 Å². The molecule has 2 amide bonds. The van der Waals surface area contributed by atoms with E-state index in [-0.39, 0.29) is 49.2 Å². The van der Waals surface area contributed by atoms with Gasteiger partial charge in [0.15, 0.2) is 5.69 Å². The third-order valence-corrected chi connectivity index (χ3v) is 6.28. The zero-order valence-corrected chi connectivity index (χ0v) is 19.2. The number of fused-ring (bicyclic) bond motifs is 2. The van der Waals surface area contributed by atoms with Crippen molar-refractivity contribution in [3.05, 3.63) is 70.9 Å². The monoisotopic (exact) mass is 493 g/mol. The summed E-state index contributed by atoms with van der Waals surface area (Å²) in [5.41, 5.74) is 1.90. The molecule has 184 valence electrons. The maximum atomic E-state index is 13.5. The molecular weight excluding hydrogens is 472 g/mol. The third kappa shape index (κ3) is 4.11. The van der Waals surface area contributed by atoms with Crippen molar-refractivity contribution in [2.45, 2.75) is 25.6 Å². The molecule has 0 unspecified atom stereocenters. The van der Waals surface area contributed by atoms with Crippen molar-refractivity contribution in [3.8, 4) is 17.7 Å². The lowest BCUT2D eigenvalue weighted by atomic mass is 10.0. The number of amides is 2. The Labute approximate surface area is 205 Å². The molecule has 1 atom stereocenters. The molecule has 9 nitrogen and oxygen atoms in total. The Bertz CT molecular complexity index is 1370. The van der Waals surface area contributed by atoms with Crippen LogP contribution < -0.4 is 14.4 Å². The molecule has 2 aliphatic heterocycles. The molecule has 0 aliphatic carbocycles. The molecule has 3 heterocycles. The average molecular weight is 493 g/mol. The average Bonchev–Trinajstić information content (AvgIpc) is 3.15. The Kier molecular flexibility index (Phi) is 6.01. The van der Waals surface area contributed by atoms with Gasteiger partial charge in [-0.15, -0.1) is 0 Å². The predicted octanol–water partition coefficient (Wildman–Crippen LogP) is 2.83. The van der Waals surface area contributed by atoms with E-state index in [1.165, 1.54) is 20.5 Å². The van der Waals surface area contributed by atoms with E-state index in [9.17, 15) is 23.6 Å². The minimum absolute atomic E-state index is 0.0307. The molecule has 0 saturated carbocycles. The molecule has 36 heavy (non-hydrogen) atoms. The number of hydrogen-bond donors (Lipinski definition) is 0. The number of halogens is 2. The van der Waals surface area contributed by atoms with Crippen LogP contribution in [0.25, 0.3) is 0 Å². The van der Waals surface area contributed by atoms with Gasteiger partial charge in [-0.1, -0.05) is 30.3 Å². The first-order valence-electron chi connectivity index (χ1n) is 11.2. The lowest BCUT2D eigenvalue weighted by molar-refractivity contribution is -0.123. The zero-order valence-electron chi connectivity index (χ0n) is 19.2. The first-order chi connectivity index (χ1) is 17.4. The Hall–Kier alpha value is -4.46. The number of carbonyl (C=O) groups is 2. The van der Waals surface area contributed by atoms with Gasteiger partial charge in [-0.3, -0.25) is 9.59 Å². The molecule has 11 heteroatoms. The van der Waals surface area contributed by atoms with Gasteiger partial charge in [0.05, 0.1) is 23.9 Å². The van der Waals surface area contributed by atoms with Crippen LogP contribution in [0.15, 0.2) is 48.5 Å². The van der Waals surface area contributed by atoms with Crippen LogP contribution in [0.2, 0.25) is 0 Å². The number of alkyl halides is 2. The minimum Gasteiger partial charge on any atom is -0.489 e. The molecule has 0 fully saturated rings. The molecule has 0 N–H and O–H groups in total. The number of nitrogens with zero attached hydrogens (tertiary/aromatic N) is 5. The number of ether oxygens (including phenoxy) is 2. The molecule has 2 aromatic carbocycles. The Morgan fingerprint density at radius 2 is 2.00 bits per heavy atom. The van der Waals surface area contributed by atoms with Crippen LogP contribution >= 0.6 is 0 Å². The van der Waals surface area contributed by atoms with Crippen molar-refractivity contribution in [2.75, 3.05) is 25.1 Å². The summed E-state index contributed by atoms with van der Waals surface area (Å²) >= 11 is 0. The topological polar surface area (TPSA) is 101 Å². The second-order valence-electron chi connectivity index (χ2n) is 8.42. The normalized spacial score (nSPS) is 17.2. The Balaban J connectivity index is 1.46. The van der Waals surface area contributed by atoms with Gasteiger partial charge in [-0.2, -0.15) is 19.1 Å². The number of anilines is 1. The summed E-state index contributed by atoms with van der Waals surface area (Å²) in [5, 5.41) is 13.5. The van der Waals surface area contributed by atoms with Crippen molar-refractivity contribution in [1.82, 2.24) is 14.7 Å². The van der Waals surface area contributed by atoms with Crippen molar-refractivity contribution >= 4 is 17.5 Å².